The van der Waals surface area contributed by atoms with Gasteiger partial charge in [0.05, 0.1) is 6.20 Å². The Morgan fingerprint density at radius 2 is 2.04 bits per heavy atom. The molecule has 0 bridgehead atoms. The van der Waals surface area contributed by atoms with Gasteiger partial charge in [0.1, 0.15) is 5.65 Å². The average Bonchev–Trinajstić information content (AvgIpc) is 3.02. The third-order valence-electron chi connectivity index (χ3n) is 4.38. The van der Waals surface area contributed by atoms with Gasteiger partial charge in [-0.3, -0.25) is 0 Å². The molecule has 4 rings (SSSR count). The highest BCUT2D eigenvalue weighted by Crippen LogP contribution is 2.27. The van der Waals surface area contributed by atoms with Crippen molar-refractivity contribution in [1.29, 1.82) is 0 Å². The van der Waals surface area contributed by atoms with Crippen LogP contribution in [0.4, 0.5) is 10.2 Å². The van der Waals surface area contributed by atoms with Crippen LogP contribution >= 0.6 is 0 Å². The van der Waals surface area contributed by atoms with E-state index >= 15 is 0 Å². The van der Waals surface area contributed by atoms with Crippen LogP contribution in [0.3, 0.4) is 0 Å². The molecule has 1 aliphatic carbocycles. The summed E-state index contributed by atoms with van der Waals surface area (Å²) in [5, 5.41) is 4.18. The molecular weight excluding hydrogens is 293 g/mol. The first-order valence-electron chi connectivity index (χ1n) is 8.03. The maximum atomic E-state index is 14.1. The highest BCUT2D eigenvalue weighted by Gasteiger charge is 2.17. The van der Waals surface area contributed by atoms with E-state index in [-0.39, 0.29) is 0 Å². The maximum Gasteiger partial charge on any atom is 0.183 e. The summed E-state index contributed by atoms with van der Waals surface area (Å²) in [5.41, 5.74) is 1.61. The van der Waals surface area contributed by atoms with Gasteiger partial charge in [-0.15, -0.1) is 0 Å². The molecule has 3 heterocycles. The van der Waals surface area contributed by atoms with E-state index in [9.17, 15) is 4.39 Å². The summed E-state index contributed by atoms with van der Waals surface area (Å²) in [6.45, 7) is 0. The minimum Gasteiger partial charge on any atom is -0.365 e. The number of anilines is 1. The van der Waals surface area contributed by atoms with Crippen molar-refractivity contribution in [1.82, 2.24) is 19.9 Å². The lowest BCUT2D eigenvalue weighted by atomic mass is 9.95. The van der Waals surface area contributed by atoms with Gasteiger partial charge in [0, 0.05) is 29.4 Å². The topological polar surface area (TPSA) is 66.5 Å². The zero-order valence-corrected chi connectivity index (χ0v) is 12.7. The van der Waals surface area contributed by atoms with Gasteiger partial charge in [0.15, 0.2) is 17.5 Å². The summed E-state index contributed by atoms with van der Waals surface area (Å²) in [4.78, 5) is 15.9. The third kappa shape index (κ3) is 2.76. The molecule has 0 radical (unpaired) electrons. The summed E-state index contributed by atoms with van der Waals surface area (Å²) < 4.78 is 14.1. The largest absolute Gasteiger partial charge is 0.365 e. The van der Waals surface area contributed by atoms with E-state index in [1.807, 2.05) is 18.3 Å². The molecule has 1 aliphatic rings. The number of halogens is 1. The Morgan fingerprint density at radius 3 is 2.91 bits per heavy atom. The van der Waals surface area contributed by atoms with Gasteiger partial charge >= 0.3 is 0 Å². The number of H-pyrrole nitrogens is 1. The summed E-state index contributed by atoms with van der Waals surface area (Å²) in [7, 11) is 0. The second-order valence-corrected chi connectivity index (χ2v) is 5.97. The van der Waals surface area contributed by atoms with Crippen molar-refractivity contribution in [3.63, 3.8) is 0 Å². The predicted octanol–water partition coefficient (Wildman–Crippen LogP) is 3.90. The van der Waals surface area contributed by atoms with Gasteiger partial charge in [-0.2, -0.15) is 0 Å². The van der Waals surface area contributed by atoms with Crippen LogP contribution < -0.4 is 5.32 Å². The smallest absolute Gasteiger partial charge is 0.183 e. The van der Waals surface area contributed by atoms with Gasteiger partial charge in [0.2, 0.25) is 0 Å². The molecule has 0 unspecified atom stereocenters. The second-order valence-electron chi connectivity index (χ2n) is 5.97. The molecule has 2 N–H and O–H groups in total. The number of hydrogen-bond acceptors (Lipinski definition) is 4. The van der Waals surface area contributed by atoms with E-state index in [2.05, 4.69) is 25.3 Å². The van der Waals surface area contributed by atoms with Crippen LogP contribution in [-0.4, -0.2) is 26.0 Å². The van der Waals surface area contributed by atoms with Crippen LogP contribution in [0.25, 0.3) is 22.4 Å². The average molecular weight is 311 g/mol. The van der Waals surface area contributed by atoms with Crippen LogP contribution in [-0.2, 0) is 0 Å². The number of rotatable bonds is 3. The summed E-state index contributed by atoms with van der Waals surface area (Å²) in [5.74, 6) is 0.390. The van der Waals surface area contributed by atoms with E-state index in [0.29, 0.717) is 17.7 Å². The highest BCUT2D eigenvalue weighted by atomic mass is 19.1. The highest BCUT2D eigenvalue weighted by molar-refractivity contribution is 5.91. The normalized spacial score (nSPS) is 15.9. The molecule has 1 saturated carbocycles. The molecule has 0 aromatic carbocycles. The zero-order valence-electron chi connectivity index (χ0n) is 12.7. The van der Waals surface area contributed by atoms with E-state index in [1.165, 1.54) is 25.5 Å². The molecule has 0 amide bonds. The lowest BCUT2D eigenvalue weighted by Crippen LogP contribution is -2.23. The standard InChI is InChI=1S/C17H18FN5/c18-14-10-21-16(13-9-20-15-12(13)7-4-8-19-15)23-17(14)22-11-5-2-1-3-6-11/h4,7-11H,1-3,5-6H2,(H,19,20)(H,21,22,23). The van der Waals surface area contributed by atoms with Gasteiger partial charge in [-0.1, -0.05) is 19.3 Å². The van der Waals surface area contributed by atoms with Crippen molar-refractivity contribution in [2.45, 2.75) is 38.1 Å². The fraction of sp³-hybridized carbons (Fsp3) is 0.353. The molecule has 0 spiro atoms. The molecule has 23 heavy (non-hydrogen) atoms. The Kier molecular flexibility index (Phi) is 3.65. The molecule has 118 valence electrons. The van der Waals surface area contributed by atoms with E-state index in [0.717, 1.165) is 29.4 Å². The second kappa shape index (κ2) is 5.95. The first-order chi connectivity index (χ1) is 11.3. The van der Waals surface area contributed by atoms with Crippen LogP contribution in [0.1, 0.15) is 32.1 Å². The molecule has 1 fully saturated rings. The number of fused-ring (bicyclic) bond motifs is 1. The van der Waals surface area contributed by atoms with Gasteiger partial charge in [-0.25, -0.2) is 19.3 Å². The van der Waals surface area contributed by atoms with Crippen molar-refractivity contribution in [2.24, 2.45) is 0 Å². The molecule has 5 nitrogen and oxygen atoms in total. The monoisotopic (exact) mass is 311 g/mol. The number of nitrogens with one attached hydrogen (secondary N) is 2. The quantitative estimate of drug-likeness (QED) is 0.770. The Balaban J connectivity index is 1.68. The lowest BCUT2D eigenvalue weighted by Gasteiger charge is -2.23. The minimum atomic E-state index is -0.405. The number of hydrogen-bond donors (Lipinski definition) is 2. The Bertz CT molecular complexity index is 823. The van der Waals surface area contributed by atoms with E-state index in [1.54, 1.807) is 6.20 Å². The number of aromatic nitrogens is 4. The predicted molar refractivity (Wildman–Crippen MR) is 87.6 cm³/mol. The van der Waals surface area contributed by atoms with Gasteiger partial charge in [0.25, 0.3) is 0 Å². The first kappa shape index (κ1) is 14.1. The fourth-order valence-electron chi connectivity index (χ4n) is 3.18. The Morgan fingerprint density at radius 1 is 1.17 bits per heavy atom. The van der Waals surface area contributed by atoms with Crippen LogP contribution in [0.5, 0.6) is 0 Å². The van der Waals surface area contributed by atoms with Crippen LogP contribution in [0.15, 0.2) is 30.7 Å². The van der Waals surface area contributed by atoms with Crippen molar-refractivity contribution < 1.29 is 4.39 Å². The molecule has 6 heteroatoms. The molecule has 3 aromatic heterocycles. The number of nitrogens with zero attached hydrogens (tertiary/aromatic N) is 3. The van der Waals surface area contributed by atoms with E-state index in [4.69, 9.17) is 0 Å². The molecule has 0 aliphatic heterocycles. The molecule has 0 atom stereocenters. The first-order valence-corrected chi connectivity index (χ1v) is 8.03. The summed E-state index contributed by atoms with van der Waals surface area (Å²) >= 11 is 0. The minimum absolute atomic E-state index is 0.292. The van der Waals surface area contributed by atoms with Crippen LogP contribution in [0.2, 0.25) is 0 Å². The van der Waals surface area contributed by atoms with Crippen molar-refractivity contribution in [3.05, 3.63) is 36.5 Å². The van der Waals surface area contributed by atoms with Crippen molar-refractivity contribution >= 4 is 16.9 Å². The fourth-order valence-corrected chi connectivity index (χ4v) is 3.18. The van der Waals surface area contributed by atoms with Crippen LogP contribution in [0, 0.1) is 5.82 Å². The zero-order chi connectivity index (χ0) is 15.6. The Labute approximate surface area is 133 Å². The number of aromatic amines is 1. The van der Waals surface area contributed by atoms with Gasteiger partial charge in [-0.05, 0) is 25.0 Å². The molecule has 0 saturated heterocycles. The molecule has 3 aromatic rings. The third-order valence-corrected chi connectivity index (χ3v) is 4.38. The van der Waals surface area contributed by atoms with Crippen molar-refractivity contribution in [3.8, 4) is 11.4 Å². The Hall–Kier alpha value is -2.50. The summed E-state index contributed by atoms with van der Waals surface area (Å²) in [6, 6.07) is 4.12. The maximum absolute atomic E-state index is 14.1. The van der Waals surface area contributed by atoms with E-state index < -0.39 is 5.82 Å². The number of pyridine rings is 1. The molecular formula is C17H18FN5. The SMILES string of the molecule is Fc1cnc(-c2c[nH]c3ncccc23)nc1NC1CCCCC1. The van der Waals surface area contributed by atoms with Gasteiger partial charge < -0.3 is 10.3 Å². The summed E-state index contributed by atoms with van der Waals surface area (Å²) in [6.07, 6.45) is 10.5. The van der Waals surface area contributed by atoms with Crippen molar-refractivity contribution in [2.75, 3.05) is 5.32 Å². The lowest BCUT2D eigenvalue weighted by molar-refractivity contribution is 0.459.